The highest BCUT2D eigenvalue weighted by molar-refractivity contribution is 7.99. The summed E-state index contributed by atoms with van der Waals surface area (Å²) < 4.78 is 28.3. The van der Waals surface area contributed by atoms with Crippen LogP contribution in [-0.2, 0) is 11.3 Å². The summed E-state index contributed by atoms with van der Waals surface area (Å²) in [5.74, 6) is -1.53. The van der Waals surface area contributed by atoms with Gasteiger partial charge in [0.2, 0.25) is 5.91 Å². The van der Waals surface area contributed by atoms with E-state index in [0.717, 1.165) is 28.4 Å². The Bertz CT molecular complexity index is 1150. The van der Waals surface area contributed by atoms with E-state index in [1.165, 1.54) is 17.8 Å². The first-order chi connectivity index (χ1) is 14.6. The highest BCUT2D eigenvalue weighted by atomic mass is 32.2. The number of hydrogen-bond donors (Lipinski definition) is 1. The maximum Gasteiger partial charge on any atom is 0.234 e. The molecule has 152 valence electrons. The van der Waals surface area contributed by atoms with Gasteiger partial charge in [-0.15, -0.1) is 21.5 Å². The lowest BCUT2D eigenvalue weighted by Gasteiger charge is -2.10. The first-order valence-electron chi connectivity index (χ1n) is 8.99. The van der Waals surface area contributed by atoms with Gasteiger partial charge in [0, 0.05) is 11.8 Å². The van der Waals surface area contributed by atoms with Crippen molar-refractivity contribution in [3.63, 3.8) is 0 Å². The SMILES string of the molecule is O=C(CSc1nnc(-c2cccs2)n1Cc1ccccc1)Nc1ccc(F)c(F)c1. The number of nitrogens with zero attached hydrogens (tertiary/aromatic N) is 3. The normalized spacial score (nSPS) is 10.9. The average Bonchev–Trinajstić information content (AvgIpc) is 3.40. The Kier molecular flexibility index (Phi) is 6.20. The number of aromatic nitrogens is 3. The number of halogens is 2. The number of carbonyl (C=O) groups excluding carboxylic acids is 1. The Morgan fingerprint density at radius 3 is 2.60 bits per heavy atom. The molecule has 0 aliphatic carbocycles. The van der Waals surface area contributed by atoms with Gasteiger partial charge in [0.15, 0.2) is 22.6 Å². The highest BCUT2D eigenvalue weighted by Gasteiger charge is 2.17. The predicted molar refractivity (Wildman–Crippen MR) is 115 cm³/mol. The molecule has 1 amide bonds. The van der Waals surface area contributed by atoms with E-state index in [2.05, 4.69) is 15.5 Å². The van der Waals surface area contributed by atoms with Crippen LogP contribution in [0.15, 0.2) is 71.2 Å². The Hall–Kier alpha value is -3.04. The van der Waals surface area contributed by atoms with Gasteiger partial charge in [-0.25, -0.2) is 8.78 Å². The van der Waals surface area contributed by atoms with E-state index in [9.17, 15) is 13.6 Å². The fraction of sp³-hybridized carbons (Fsp3) is 0.0952. The van der Waals surface area contributed by atoms with Crippen molar-refractivity contribution < 1.29 is 13.6 Å². The van der Waals surface area contributed by atoms with Gasteiger partial charge in [0.05, 0.1) is 17.2 Å². The minimum Gasteiger partial charge on any atom is -0.325 e. The number of nitrogens with one attached hydrogen (secondary N) is 1. The maximum atomic E-state index is 13.3. The van der Waals surface area contributed by atoms with Crippen LogP contribution in [-0.4, -0.2) is 26.4 Å². The summed E-state index contributed by atoms with van der Waals surface area (Å²) in [5.41, 5.74) is 1.28. The maximum absolute atomic E-state index is 13.3. The summed E-state index contributed by atoms with van der Waals surface area (Å²) in [4.78, 5) is 13.3. The van der Waals surface area contributed by atoms with Crippen molar-refractivity contribution in [2.45, 2.75) is 11.7 Å². The predicted octanol–water partition coefficient (Wildman–Crippen LogP) is 5.06. The molecule has 9 heteroatoms. The molecule has 4 rings (SSSR count). The van der Waals surface area contributed by atoms with Crippen LogP contribution in [0.1, 0.15) is 5.56 Å². The molecule has 2 aromatic carbocycles. The van der Waals surface area contributed by atoms with Crippen LogP contribution >= 0.6 is 23.1 Å². The molecule has 0 atom stereocenters. The van der Waals surface area contributed by atoms with Gasteiger partial charge in [-0.1, -0.05) is 48.2 Å². The molecule has 2 aromatic heterocycles. The van der Waals surface area contributed by atoms with Crippen molar-refractivity contribution in [3.8, 4) is 10.7 Å². The first kappa shape index (κ1) is 20.2. The highest BCUT2D eigenvalue weighted by Crippen LogP contribution is 2.28. The summed E-state index contributed by atoms with van der Waals surface area (Å²) in [6, 6.07) is 17.1. The lowest BCUT2D eigenvalue weighted by molar-refractivity contribution is -0.113. The van der Waals surface area contributed by atoms with Crippen molar-refractivity contribution in [1.82, 2.24) is 14.8 Å². The van der Waals surface area contributed by atoms with Crippen LogP contribution < -0.4 is 5.32 Å². The Morgan fingerprint density at radius 1 is 1.03 bits per heavy atom. The molecule has 30 heavy (non-hydrogen) atoms. The molecule has 0 aliphatic heterocycles. The van der Waals surface area contributed by atoms with Crippen molar-refractivity contribution in [3.05, 3.63) is 83.2 Å². The van der Waals surface area contributed by atoms with Crippen molar-refractivity contribution in [2.75, 3.05) is 11.1 Å². The third-order valence-electron chi connectivity index (χ3n) is 4.18. The molecule has 4 aromatic rings. The number of thioether (sulfide) groups is 1. The van der Waals surface area contributed by atoms with Crippen molar-refractivity contribution in [2.24, 2.45) is 0 Å². The lowest BCUT2D eigenvalue weighted by atomic mass is 10.2. The lowest BCUT2D eigenvalue weighted by Crippen LogP contribution is -2.15. The molecule has 0 aliphatic rings. The quantitative estimate of drug-likeness (QED) is 0.406. The number of thiophene rings is 1. The third kappa shape index (κ3) is 4.74. The van der Waals surface area contributed by atoms with Gasteiger partial charge >= 0.3 is 0 Å². The summed E-state index contributed by atoms with van der Waals surface area (Å²) >= 11 is 2.80. The molecule has 0 saturated heterocycles. The van der Waals surface area contributed by atoms with Crippen molar-refractivity contribution in [1.29, 1.82) is 0 Å². The van der Waals surface area contributed by atoms with Gasteiger partial charge < -0.3 is 5.32 Å². The number of anilines is 1. The minimum absolute atomic E-state index is 0.0519. The molecule has 0 saturated carbocycles. The minimum atomic E-state index is -1.01. The third-order valence-corrected chi connectivity index (χ3v) is 6.01. The number of benzene rings is 2. The van der Waals surface area contributed by atoms with Crippen LogP contribution in [0.25, 0.3) is 10.7 Å². The van der Waals surface area contributed by atoms with Gasteiger partial charge in [-0.3, -0.25) is 9.36 Å². The van der Waals surface area contributed by atoms with Crippen LogP contribution in [0, 0.1) is 11.6 Å². The Morgan fingerprint density at radius 2 is 1.87 bits per heavy atom. The number of carbonyl (C=O) groups is 1. The zero-order valence-corrected chi connectivity index (χ0v) is 17.2. The van der Waals surface area contributed by atoms with Gasteiger partial charge in [-0.05, 0) is 29.1 Å². The van der Waals surface area contributed by atoms with Gasteiger partial charge in [-0.2, -0.15) is 0 Å². The van der Waals surface area contributed by atoms with E-state index in [0.29, 0.717) is 11.7 Å². The van der Waals surface area contributed by atoms with E-state index >= 15 is 0 Å². The van der Waals surface area contributed by atoms with E-state index in [-0.39, 0.29) is 17.3 Å². The van der Waals surface area contributed by atoms with Gasteiger partial charge in [0.25, 0.3) is 0 Å². The average molecular weight is 443 g/mol. The Balaban J connectivity index is 1.50. The second kappa shape index (κ2) is 9.19. The number of amides is 1. The van der Waals surface area contributed by atoms with Crippen molar-refractivity contribution >= 4 is 34.7 Å². The molecule has 0 bridgehead atoms. The number of hydrogen-bond acceptors (Lipinski definition) is 5. The molecule has 2 heterocycles. The second-order valence-electron chi connectivity index (χ2n) is 6.32. The first-order valence-corrected chi connectivity index (χ1v) is 10.9. The van der Waals surface area contributed by atoms with E-state index in [1.54, 1.807) is 11.3 Å². The van der Waals surface area contributed by atoms with Crippen LogP contribution in [0.3, 0.4) is 0 Å². The zero-order valence-electron chi connectivity index (χ0n) is 15.6. The van der Waals surface area contributed by atoms with Crippen LogP contribution in [0.4, 0.5) is 14.5 Å². The number of rotatable bonds is 7. The second-order valence-corrected chi connectivity index (χ2v) is 8.21. The van der Waals surface area contributed by atoms with E-state index in [1.807, 2.05) is 52.4 Å². The zero-order chi connectivity index (χ0) is 20.9. The fourth-order valence-electron chi connectivity index (χ4n) is 2.79. The summed E-state index contributed by atoms with van der Waals surface area (Å²) in [7, 11) is 0. The standard InChI is InChI=1S/C21H16F2N4OS2/c22-16-9-8-15(11-17(16)23)24-19(28)13-30-21-26-25-20(18-7-4-10-29-18)27(21)12-14-5-2-1-3-6-14/h1-11H,12-13H2,(H,24,28). The molecule has 1 N–H and O–H groups in total. The molecule has 5 nitrogen and oxygen atoms in total. The van der Waals surface area contributed by atoms with Crippen LogP contribution in [0.5, 0.6) is 0 Å². The molecular formula is C21H16F2N4OS2. The molecule has 0 spiro atoms. The largest absolute Gasteiger partial charge is 0.325 e. The summed E-state index contributed by atoms with van der Waals surface area (Å²) in [6.45, 7) is 0.564. The monoisotopic (exact) mass is 442 g/mol. The Labute approximate surface area is 179 Å². The molecular weight excluding hydrogens is 426 g/mol. The van der Waals surface area contributed by atoms with E-state index < -0.39 is 11.6 Å². The summed E-state index contributed by atoms with van der Waals surface area (Å²) in [6.07, 6.45) is 0. The van der Waals surface area contributed by atoms with Gasteiger partial charge in [0.1, 0.15) is 0 Å². The fourth-order valence-corrected chi connectivity index (χ4v) is 4.25. The smallest absolute Gasteiger partial charge is 0.234 e. The summed E-state index contributed by atoms with van der Waals surface area (Å²) in [5, 5.41) is 13.7. The topological polar surface area (TPSA) is 59.8 Å². The molecule has 0 fully saturated rings. The molecule has 0 unspecified atom stereocenters. The van der Waals surface area contributed by atoms with Crippen LogP contribution in [0.2, 0.25) is 0 Å². The van der Waals surface area contributed by atoms with E-state index in [4.69, 9.17) is 0 Å². The molecule has 0 radical (unpaired) electrons.